The molecule has 13 N–H and O–H groups in total. The van der Waals surface area contributed by atoms with Gasteiger partial charge >= 0.3 is 29.8 Å². The van der Waals surface area contributed by atoms with Crippen LogP contribution in [0.2, 0.25) is 0 Å². The van der Waals surface area contributed by atoms with E-state index in [2.05, 4.69) is 0 Å². The van der Waals surface area contributed by atoms with Gasteiger partial charge in [-0.1, -0.05) is 0 Å². The van der Waals surface area contributed by atoms with Crippen molar-refractivity contribution in [1.29, 1.82) is 0 Å². The van der Waals surface area contributed by atoms with Crippen LogP contribution in [0, 0.1) is 0 Å². The lowest BCUT2D eigenvalue weighted by atomic mass is 9.67. The topological polar surface area (TPSA) is 447 Å². The van der Waals surface area contributed by atoms with Gasteiger partial charge in [-0.25, -0.2) is 24.0 Å². The molecule has 5 aliphatic rings. The summed E-state index contributed by atoms with van der Waals surface area (Å²) in [7, 11) is 0. The van der Waals surface area contributed by atoms with Crippen molar-refractivity contribution in [3.05, 3.63) is 69.8 Å². The fourth-order valence-corrected chi connectivity index (χ4v) is 8.90. The molecule has 27 nitrogen and oxygen atoms in total. The minimum atomic E-state index is -3.55. The summed E-state index contributed by atoms with van der Waals surface area (Å²) in [5.74, 6) is -32.4. The predicted octanol–water partition coefficient (Wildman–Crippen LogP) is -0.0722. The lowest BCUT2D eigenvalue weighted by molar-refractivity contribution is -0.286. The van der Waals surface area contributed by atoms with Crippen LogP contribution in [0.15, 0.2) is 42.0 Å². The van der Waals surface area contributed by atoms with Crippen LogP contribution in [0.3, 0.4) is 0 Å². The van der Waals surface area contributed by atoms with Crippen LogP contribution in [0.4, 0.5) is 0 Å². The Labute approximate surface area is 391 Å². The van der Waals surface area contributed by atoms with Crippen molar-refractivity contribution in [2.75, 3.05) is 6.61 Å². The molecular formula is C44H32O27. The lowest BCUT2D eigenvalue weighted by Crippen LogP contribution is -2.67. The number of aromatic hydroxyl groups is 11. The number of carbonyl (C=O) groups is 7. The van der Waals surface area contributed by atoms with Crippen molar-refractivity contribution in [2.24, 2.45) is 0 Å². The highest BCUT2D eigenvalue weighted by molar-refractivity contribution is 6.11. The zero-order chi connectivity index (χ0) is 51.7. The Morgan fingerprint density at radius 3 is 1.72 bits per heavy atom. The number of phenols is 11. The third-order valence-corrected chi connectivity index (χ3v) is 12.2. The third kappa shape index (κ3) is 6.88. The fraction of sp³-hybridized carbons (Fsp3) is 0.250. The average Bonchev–Trinajstić information content (AvgIpc) is 3.63. The van der Waals surface area contributed by atoms with Gasteiger partial charge in [0, 0.05) is 23.1 Å². The summed E-state index contributed by atoms with van der Waals surface area (Å²) >= 11 is 0. The Bertz CT molecular complexity index is 3150. The van der Waals surface area contributed by atoms with E-state index in [9.17, 15) is 99.9 Å². The number of cyclic esters (lactones) is 1. The van der Waals surface area contributed by atoms with E-state index in [-0.39, 0.29) is 0 Å². The van der Waals surface area contributed by atoms with E-state index in [4.69, 9.17) is 33.2 Å². The van der Waals surface area contributed by atoms with E-state index in [1.165, 1.54) is 0 Å². The second-order valence-corrected chi connectivity index (χ2v) is 16.5. The molecule has 0 radical (unpaired) electrons. The van der Waals surface area contributed by atoms with Crippen LogP contribution in [-0.4, -0.2) is 156 Å². The van der Waals surface area contributed by atoms with Crippen LogP contribution < -0.4 is 4.74 Å². The van der Waals surface area contributed by atoms with Gasteiger partial charge in [-0.2, -0.15) is 0 Å². The first-order chi connectivity index (χ1) is 33.3. The first kappa shape index (κ1) is 46.9. The molecule has 0 aromatic heterocycles. The molecule has 4 bridgehead atoms. The Hall–Kier alpha value is -9.21. The van der Waals surface area contributed by atoms with E-state index in [0.717, 1.165) is 6.92 Å². The minimum absolute atomic E-state index is 0.363. The van der Waals surface area contributed by atoms with Gasteiger partial charge < -0.3 is 99.5 Å². The number of carbonyl (C=O) groups excluding carboxylic acids is 7. The standard InChI is InChI=1S/C44H32O27/c1-10(45)8-43(63)22(51)7-15-26-25-14(6-20(50)30(55)34(25)71-44(26,43)64)40(61)69-36-35-33(67-41(15)62)21(66-42(36)70-37(58)11-2-16(46)27(52)17(47)3-11)9-65-38(59)12-4-18(48)28(53)31(56)23(12)24-13(39(60)68-35)5-19(49)29(54)32(24)57/h2-7,21,26,33,35-36,42,46-50,52-57,63-64H,8-9H2,1H3/t21-,26+,33-,35+,36-,42+,43+,44-/m1/s1. The molecule has 9 rings (SSSR count). The first-order valence-corrected chi connectivity index (χ1v) is 20.2. The van der Waals surface area contributed by atoms with Gasteiger partial charge in [-0.3, -0.25) is 9.59 Å². The quantitative estimate of drug-likeness (QED) is 0.0723. The highest BCUT2D eigenvalue weighted by atomic mass is 16.7. The number of aliphatic hydroxyl groups is 2. The van der Waals surface area contributed by atoms with E-state index in [0.29, 0.717) is 36.4 Å². The molecule has 1 fully saturated rings. The maximum atomic E-state index is 14.8. The largest absolute Gasteiger partial charge is 0.504 e. The number of fused-ring (bicyclic) bond motifs is 3. The van der Waals surface area contributed by atoms with Gasteiger partial charge in [0.25, 0.3) is 5.79 Å². The van der Waals surface area contributed by atoms with Crippen LogP contribution >= 0.6 is 0 Å². The molecule has 71 heavy (non-hydrogen) atoms. The normalized spacial score (nSPS) is 26.4. The number of esters is 5. The monoisotopic (exact) mass is 992 g/mol. The van der Waals surface area contributed by atoms with Gasteiger partial charge in [0.1, 0.15) is 18.5 Å². The fourth-order valence-electron chi connectivity index (χ4n) is 8.90. The maximum Gasteiger partial charge on any atom is 0.340 e. The van der Waals surface area contributed by atoms with Crippen LogP contribution in [0.1, 0.15) is 66.3 Å². The van der Waals surface area contributed by atoms with Crippen molar-refractivity contribution in [2.45, 2.75) is 61.4 Å². The molecule has 0 spiro atoms. The molecule has 27 heteroatoms. The summed E-state index contributed by atoms with van der Waals surface area (Å²) in [6.07, 6.45) is -13.2. The highest BCUT2D eigenvalue weighted by Crippen LogP contribution is 2.61. The number of Topliss-reactive ketones (excluding diaryl/α,β-unsaturated/α-hetero) is 1. The zero-order valence-corrected chi connectivity index (χ0v) is 35.4. The molecule has 4 aromatic rings. The summed E-state index contributed by atoms with van der Waals surface area (Å²) in [4.78, 5) is 98.4. The molecule has 4 aliphatic heterocycles. The summed E-state index contributed by atoms with van der Waals surface area (Å²) in [5, 5.41) is 141. The SMILES string of the molecule is CC(=O)C[C@]1(O)C(=O)C=C2C(=O)O[C@H]3[C@@H]4OC(=O)c5cc(O)c(O)c(O)c5-c5c(cc(O)c(O)c5O)C(=O)OC[C@H]3O[C@@H](OC(=O)c3cc(O)c(O)c(O)c3)[C@@H]4OC(=O)c3cc(O)c(O)c4c3[C@H]2[C@@]1(O)O4. The summed E-state index contributed by atoms with van der Waals surface area (Å²) in [6.45, 7) is -0.420. The number of benzene rings is 4. The van der Waals surface area contributed by atoms with Crippen LogP contribution in [-0.2, 0) is 42.8 Å². The molecule has 370 valence electrons. The number of rotatable bonds is 4. The third-order valence-electron chi connectivity index (χ3n) is 12.2. The molecule has 0 amide bonds. The van der Waals surface area contributed by atoms with Gasteiger partial charge in [-0.05, 0) is 43.3 Å². The molecule has 4 aromatic carbocycles. The number of ketones is 2. The van der Waals surface area contributed by atoms with Gasteiger partial charge in [0.15, 0.2) is 75.3 Å². The van der Waals surface area contributed by atoms with Crippen molar-refractivity contribution in [3.63, 3.8) is 0 Å². The highest BCUT2D eigenvalue weighted by Gasteiger charge is 2.71. The predicted molar refractivity (Wildman–Crippen MR) is 217 cm³/mol. The first-order valence-electron chi connectivity index (χ1n) is 20.2. The number of phenolic OH excluding ortho intramolecular Hbond substituents is 11. The molecule has 0 unspecified atom stereocenters. The van der Waals surface area contributed by atoms with E-state index >= 15 is 0 Å². The number of hydrogen-bond acceptors (Lipinski definition) is 27. The van der Waals surface area contributed by atoms with Gasteiger partial charge in [-0.15, -0.1) is 0 Å². The molecular weight excluding hydrogens is 960 g/mol. The summed E-state index contributed by atoms with van der Waals surface area (Å²) in [6, 6.07) is 2.42. The maximum absolute atomic E-state index is 14.8. The van der Waals surface area contributed by atoms with Crippen molar-refractivity contribution in [1.82, 2.24) is 0 Å². The molecule has 4 heterocycles. The molecule has 0 saturated carbocycles. The molecule has 1 aliphatic carbocycles. The van der Waals surface area contributed by atoms with E-state index < -0.39 is 216 Å². The van der Waals surface area contributed by atoms with Crippen molar-refractivity contribution in [3.8, 4) is 80.1 Å². The smallest absolute Gasteiger partial charge is 0.340 e. The van der Waals surface area contributed by atoms with Gasteiger partial charge in [0.05, 0.1) is 33.7 Å². The Morgan fingerprint density at radius 2 is 1.13 bits per heavy atom. The second-order valence-electron chi connectivity index (χ2n) is 16.5. The average molecular weight is 993 g/mol. The van der Waals surface area contributed by atoms with Crippen molar-refractivity contribution >= 4 is 41.4 Å². The van der Waals surface area contributed by atoms with Crippen LogP contribution in [0.5, 0.6) is 69.0 Å². The van der Waals surface area contributed by atoms with Crippen LogP contribution in [0.25, 0.3) is 11.1 Å². The Balaban J connectivity index is 1.30. The Kier molecular flexibility index (Phi) is 10.5. The molecule has 1 saturated heterocycles. The summed E-state index contributed by atoms with van der Waals surface area (Å²) < 4.78 is 39.7. The number of hydrogen-bond donors (Lipinski definition) is 13. The summed E-state index contributed by atoms with van der Waals surface area (Å²) in [5.41, 5.74) is -11.4. The van der Waals surface area contributed by atoms with E-state index in [1.807, 2.05) is 0 Å². The van der Waals surface area contributed by atoms with Crippen molar-refractivity contribution < 1.29 is 133 Å². The lowest BCUT2D eigenvalue weighted by Gasteiger charge is -2.45. The Morgan fingerprint density at radius 1 is 0.620 bits per heavy atom. The number of ether oxygens (including phenoxy) is 7. The molecule has 8 atom stereocenters. The van der Waals surface area contributed by atoms with E-state index in [1.54, 1.807) is 0 Å². The second kappa shape index (κ2) is 15.9. The zero-order valence-electron chi connectivity index (χ0n) is 35.4. The van der Waals surface area contributed by atoms with Gasteiger partial charge in [0.2, 0.25) is 29.6 Å². The minimum Gasteiger partial charge on any atom is -0.504 e.